The van der Waals surface area contributed by atoms with E-state index in [4.69, 9.17) is 16.3 Å². The first kappa shape index (κ1) is 27.9. The van der Waals surface area contributed by atoms with Crippen molar-refractivity contribution in [1.29, 1.82) is 0 Å². The topological polar surface area (TPSA) is 122 Å². The van der Waals surface area contributed by atoms with Crippen molar-refractivity contribution in [3.63, 3.8) is 0 Å². The Bertz CT molecular complexity index is 1350. The Balaban J connectivity index is 1.43. The third-order valence-electron chi connectivity index (χ3n) is 6.56. The summed E-state index contributed by atoms with van der Waals surface area (Å²) in [7, 11) is -3.70. The number of alkyl carbamates (subject to hydrolysis) is 1. The number of hydrogen-bond acceptors (Lipinski definition) is 6. The average molecular weight is 562 g/mol. The van der Waals surface area contributed by atoms with Gasteiger partial charge in [-0.2, -0.15) is 0 Å². The van der Waals surface area contributed by atoms with Gasteiger partial charge in [-0.1, -0.05) is 41.9 Å². The van der Waals surface area contributed by atoms with Crippen LogP contribution >= 0.6 is 11.6 Å². The summed E-state index contributed by atoms with van der Waals surface area (Å²) in [5, 5.41) is 4.75. The van der Waals surface area contributed by atoms with Gasteiger partial charge in [-0.15, -0.1) is 0 Å². The molecule has 9 nitrogen and oxygen atoms in total. The molecule has 0 saturated carbocycles. The zero-order chi connectivity index (χ0) is 27.7. The summed E-state index contributed by atoms with van der Waals surface area (Å²) in [5.41, 5.74) is 1.92. The van der Waals surface area contributed by atoms with E-state index in [2.05, 4.69) is 10.6 Å². The number of halogens is 1. The number of carbonyl (C=O) groups is 3. The molecule has 0 bridgehead atoms. The van der Waals surface area contributed by atoms with Gasteiger partial charge in [0.15, 0.2) is 15.1 Å². The number of likely N-dealkylation sites (tertiary alicyclic amines) is 1. The molecule has 1 unspecified atom stereocenters. The lowest BCUT2D eigenvalue weighted by Gasteiger charge is -2.27. The standard InChI is InChI=1S/C27H32ClN3O6S/c1-27(2,3)37-26(34)30-14-17-10-11-20(28)13-19(17)15-29-24(32)22-9-6-12-31(22)25(33)23-21-8-5-4-7-18(21)16-38(23,35)36/h4-5,7-8,10-11,13,22-23H,6,9,12,14-16H2,1-3H3,(H,29,32)(H,30,34)/t22-,23?/m0/s1. The summed E-state index contributed by atoms with van der Waals surface area (Å²) >= 11 is 6.18. The number of nitrogens with zero attached hydrogens (tertiary/aromatic N) is 1. The Kier molecular flexibility index (Phi) is 8.04. The van der Waals surface area contributed by atoms with E-state index in [9.17, 15) is 22.8 Å². The minimum atomic E-state index is -3.70. The van der Waals surface area contributed by atoms with Gasteiger partial charge in [0.05, 0.1) is 5.75 Å². The lowest BCUT2D eigenvalue weighted by molar-refractivity contribution is -0.138. The molecular weight excluding hydrogens is 530 g/mol. The van der Waals surface area contributed by atoms with E-state index in [0.29, 0.717) is 41.1 Å². The second-order valence-corrected chi connectivity index (χ2v) is 13.1. The van der Waals surface area contributed by atoms with Gasteiger partial charge in [0.25, 0.3) is 0 Å². The van der Waals surface area contributed by atoms with Crippen LogP contribution in [0, 0.1) is 0 Å². The van der Waals surface area contributed by atoms with Gasteiger partial charge in [-0.25, -0.2) is 13.2 Å². The number of fused-ring (bicyclic) bond motifs is 1. The highest BCUT2D eigenvalue weighted by molar-refractivity contribution is 7.92. The van der Waals surface area contributed by atoms with Gasteiger partial charge < -0.3 is 20.3 Å². The molecule has 38 heavy (non-hydrogen) atoms. The predicted octanol–water partition coefficient (Wildman–Crippen LogP) is 3.64. The maximum atomic E-state index is 13.5. The van der Waals surface area contributed by atoms with Crippen molar-refractivity contribution in [2.75, 3.05) is 6.54 Å². The first-order chi connectivity index (χ1) is 17.9. The maximum absolute atomic E-state index is 13.5. The van der Waals surface area contributed by atoms with Crippen LogP contribution in [0.25, 0.3) is 0 Å². The van der Waals surface area contributed by atoms with E-state index >= 15 is 0 Å². The molecule has 2 aliphatic rings. The second-order valence-electron chi connectivity index (χ2n) is 10.6. The van der Waals surface area contributed by atoms with Crippen LogP contribution in [0.3, 0.4) is 0 Å². The maximum Gasteiger partial charge on any atom is 0.407 e. The van der Waals surface area contributed by atoms with Crippen LogP contribution < -0.4 is 10.6 Å². The Hall–Kier alpha value is -3.11. The van der Waals surface area contributed by atoms with Crippen LogP contribution in [0.5, 0.6) is 0 Å². The molecule has 0 aromatic heterocycles. The third kappa shape index (κ3) is 6.30. The quantitative estimate of drug-likeness (QED) is 0.555. The zero-order valence-corrected chi connectivity index (χ0v) is 23.2. The molecule has 1 saturated heterocycles. The summed E-state index contributed by atoms with van der Waals surface area (Å²) in [4.78, 5) is 40.1. The number of carbonyl (C=O) groups excluding carboxylic acids is 3. The molecule has 2 aromatic rings. The van der Waals surface area contributed by atoms with Gasteiger partial charge in [-0.3, -0.25) is 9.59 Å². The highest BCUT2D eigenvalue weighted by Crippen LogP contribution is 2.39. The number of amides is 3. The molecular formula is C27H32ClN3O6S. The first-order valence-electron chi connectivity index (χ1n) is 12.5. The van der Waals surface area contributed by atoms with Crippen molar-refractivity contribution in [1.82, 2.24) is 15.5 Å². The van der Waals surface area contributed by atoms with E-state index in [1.807, 2.05) is 0 Å². The van der Waals surface area contributed by atoms with Crippen molar-refractivity contribution >= 4 is 39.3 Å². The number of rotatable bonds is 6. The van der Waals surface area contributed by atoms with Crippen LogP contribution in [0.2, 0.25) is 5.02 Å². The largest absolute Gasteiger partial charge is 0.444 e. The van der Waals surface area contributed by atoms with Gasteiger partial charge in [0, 0.05) is 24.7 Å². The minimum Gasteiger partial charge on any atom is -0.444 e. The van der Waals surface area contributed by atoms with E-state index < -0.39 is 38.7 Å². The first-order valence-corrected chi connectivity index (χ1v) is 14.6. The second kappa shape index (κ2) is 10.9. The lowest BCUT2D eigenvalue weighted by Crippen LogP contribution is -2.47. The molecule has 2 aliphatic heterocycles. The fraction of sp³-hybridized carbons (Fsp3) is 0.444. The summed E-state index contributed by atoms with van der Waals surface area (Å²) in [6.45, 7) is 5.92. The molecule has 204 valence electrons. The fourth-order valence-electron chi connectivity index (χ4n) is 4.87. The van der Waals surface area contributed by atoms with Crippen LogP contribution in [0.4, 0.5) is 4.79 Å². The molecule has 3 amide bonds. The van der Waals surface area contributed by atoms with Crippen LogP contribution in [-0.2, 0) is 43.0 Å². The van der Waals surface area contributed by atoms with Crippen LogP contribution in [0.1, 0.15) is 61.1 Å². The molecule has 2 heterocycles. The van der Waals surface area contributed by atoms with Crippen LogP contribution in [-0.4, -0.2) is 49.4 Å². The molecule has 4 rings (SSSR count). The Morgan fingerprint density at radius 3 is 2.50 bits per heavy atom. The van der Waals surface area contributed by atoms with Gasteiger partial charge >= 0.3 is 6.09 Å². The molecule has 11 heteroatoms. The zero-order valence-electron chi connectivity index (χ0n) is 21.6. The van der Waals surface area contributed by atoms with Crippen molar-refractivity contribution in [2.24, 2.45) is 0 Å². The van der Waals surface area contributed by atoms with Crippen molar-refractivity contribution in [3.8, 4) is 0 Å². The number of ether oxygens (including phenoxy) is 1. The normalized spacial score (nSPS) is 20.1. The van der Waals surface area contributed by atoms with Gasteiger partial charge in [-0.05, 0) is 68.0 Å². The molecule has 0 spiro atoms. The monoisotopic (exact) mass is 561 g/mol. The van der Waals surface area contributed by atoms with E-state index in [1.165, 1.54) is 4.90 Å². The number of benzene rings is 2. The van der Waals surface area contributed by atoms with E-state index in [0.717, 1.165) is 5.56 Å². The molecule has 0 radical (unpaired) electrons. The molecule has 2 aromatic carbocycles. The van der Waals surface area contributed by atoms with Crippen molar-refractivity contribution < 1.29 is 27.5 Å². The fourth-order valence-corrected chi connectivity index (χ4v) is 6.99. The van der Waals surface area contributed by atoms with Crippen LogP contribution in [0.15, 0.2) is 42.5 Å². The Morgan fingerprint density at radius 2 is 1.76 bits per heavy atom. The van der Waals surface area contributed by atoms with Crippen molar-refractivity contribution in [2.45, 2.75) is 69.3 Å². The molecule has 0 aliphatic carbocycles. The number of hydrogen-bond donors (Lipinski definition) is 2. The highest BCUT2D eigenvalue weighted by Gasteiger charge is 2.46. The average Bonchev–Trinajstić information content (AvgIpc) is 3.42. The Morgan fingerprint density at radius 1 is 1.05 bits per heavy atom. The van der Waals surface area contributed by atoms with Gasteiger partial charge in [0.1, 0.15) is 11.6 Å². The predicted molar refractivity (Wildman–Crippen MR) is 143 cm³/mol. The summed E-state index contributed by atoms with van der Waals surface area (Å²) < 4.78 is 31.0. The summed E-state index contributed by atoms with van der Waals surface area (Å²) in [6, 6.07) is 11.2. The SMILES string of the molecule is CC(C)(C)OC(=O)NCc1ccc(Cl)cc1CNC(=O)[C@@H]1CCCN1C(=O)C1c2ccccc2CS1(=O)=O. The summed E-state index contributed by atoms with van der Waals surface area (Å²) in [6.07, 6.45) is 0.473. The minimum absolute atomic E-state index is 0.119. The van der Waals surface area contributed by atoms with E-state index in [-0.39, 0.29) is 24.7 Å². The molecule has 2 atom stereocenters. The highest BCUT2D eigenvalue weighted by atomic mass is 35.5. The number of sulfone groups is 1. The van der Waals surface area contributed by atoms with E-state index in [1.54, 1.807) is 63.2 Å². The van der Waals surface area contributed by atoms with Crippen molar-refractivity contribution in [3.05, 3.63) is 69.7 Å². The Labute approximate surface area is 227 Å². The molecule has 1 fully saturated rings. The number of nitrogens with one attached hydrogen (secondary N) is 2. The summed E-state index contributed by atoms with van der Waals surface area (Å²) in [5.74, 6) is -1.11. The molecule has 2 N–H and O–H groups in total. The third-order valence-corrected chi connectivity index (χ3v) is 8.68. The van der Waals surface area contributed by atoms with Gasteiger partial charge in [0.2, 0.25) is 11.8 Å². The smallest absolute Gasteiger partial charge is 0.407 e. The lowest BCUT2D eigenvalue weighted by atomic mass is 10.0.